The van der Waals surface area contributed by atoms with Gasteiger partial charge in [-0.05, 0) is 48.7 Å². The average molecular weight is 474 g/mol. The number of nitrogens with one attached hydrogen (secondary N) is 1. The molecule has 2 aliphatic rings. The Morgan fingerprint density at radius 1 is 1.09 bits per heavy atom. The van der Waals surface area contributed by atoms with E-state index in [1.165, 1.54) is 12.3 Å². The summed E-state index contributed by atoms with van der Waals surface area (Å²) < 4.78 is 34.1. The molecule has 0 saturated heterocycles. The third-order valence-corrected chi connectivity index (χ3v) is 6.40. The number of amides is 1. The van der Waals surface area contributed by atoms with E-state index in [-0.39, 0.29) is 23.7 Å². The molecule has 4 aromatic rings. The molecule has 4 heterocycles. The zero-order chi connectivity index (χ0) is 23.9. The highest BCUT2D eigenvalue weighted by atomic mass is 19.3. The van der Waals surface area contributed by atoms with E-state index in [0.29, 0.717) is 39.8 Å². The molecule has 1 amide bonds. The van der Waals surface area contributed by atoms with Gasteiger partial charge in [-0.2, -0.15) is 0 Å². The van der Waals surface area contributed by atoms with Crippen LogP contribution in [0.5, 0.6) is 5.75 Å². The summed E-state index contributed by atoms with van der Waals surface area (Å²) in [6, 6.07) is 13.6. The van der Waals surface area contributed by atoms with Gasteiger partial charge in [0.1, 0.15) is 35.4 Å². The Balaban J connectivity index is 1.42. The molecule has 1 aliphatic carbocycles. The van der Waals surface area contributed by atoms with Gasteiger partial charge in [0.15, 0.2) is 5.82 Å². The lowest BCUT2D eigenvalue weighted by atomic mass is 10.0. The number of hydrogen-bond acceptors (Lipinski definition) is 6. The van der Waals surface area contributed by atoms with Crippen LogP contribution in [-0.2, 0) is 0 Å². The van der Waals surface area contributed by atoms with Crippen molar-refractivity contribution in [2.75, 3.05) is 5.32 Å². The molecule has 1 N–H and O–H groups in total. The van der Waals surface area contributed by atoms with Gasteiger partial charge in [0.05, 0.1) is 5.56 Å². The maximum absolute atomic E-state index is 13.4. The van der Waals surface area contributed by atoms with Crippen molar-refractivity contribution < 1.29 is 18.3 Å². The van der Waals surface area contributed by atoms with E-state index in [1.807, 2.05) is 10.6 Å². The van der Waals surface area contributed by atoms with Crippen LogP contribution in [0.15, 0.2) is 61.1 Å². The lowest BCUT2D eigenvalue weighted by Crippen LogP contribution is -2.18. The number of carbonyl (C=O) groups excluding carboxylic acids is 1. The minimum atomic E-state index is -2.64. The van der Waals surface area contributed by atoms with E-state index in [2.05, 4.69) is 25.5 Å². The molecule has 8 nitrogen and oxygen atoms in total. The summed E-state index contributed by atoms with van der Waals surface area (Å²) in [6.45, 7) is 0. The van der Waals surface area contributed by atoms with Crippen molar-refractivity contribution >= 4 is 11.7 Å². The highest BCUT2D eigenvalue weighted by molar-refractivity contribution is 6.06. The summed E-state index contributed by atoms with van der Waals surface area (Å²) >= 11 is 0. The van der Waals surface area contributed by atoms with Crippen LogP contribution in [0.3, 0.4) is 0 Å². The number of carbonyl (C=O) groups is 1. The van der Waals surface area contributed by atoms with Crippen molar-refractivity contribution in [3.8, 4) is 28.4 Å². The van der Waals surface area contributed by atoms with E-state index < -0.39 is 6.43 Å². The minimum Gasteiger partial charge on any atom is -0.490 e. The predicted molar refractivity (Wildman–Crippen MR) is 123 cm³/mol. The molecule has 1 unspecified atom stereocenters. The van der Waals surface area contributed by atoms with Crippen molar-refractivity contribution in [3.05, 3.63) is 72.3 Å². The van der Waals surface area contributed by atoms with Crippen molar-refractivity contribution in [1.82, 2.24) is 24.7 Å². The number of aromatic nitrogens is 5. The maximum atomic E-state index is 13.4. The fourth-order valence-corrected chi connectivity index (χ4v) is 4.66. The van der Waals surface area contributed by atoms with E-state index in [9.17, 15) is 13.6 Å². The number of ether oxygens (including phenoxy) is 1. The summed E-state index contributed by atoms with van der Waals surface area (Å²) in [5.41, 5.74) is 1.93. The third-order valence-electron chi connectivity index (χ3n) is 6.40. The van der Waals surface area contributed by atoms with Crippen LogP contribution in [0.1, 0.15) is 47.8 Å². The number of nitrogens with zero attached hydrogens (tertiary/aromatic N) is 5. The first-order valence-corrected chi connectivity index (χ1v) is 11.3. The number of rotatable bonds is 2. The van der Waals surface area contributed by atoms with E-state index in [4.69, 9.17) is 4.74 Å². The van der Waals surface area contributed by atoms with Crippen LogP contribution in [0, 0.1) is 0 Å². The van der Waals surface area contributed by atoms with Crippen LogP contribution < -0.4 is 10.1 Å². The van der Waals surface area contributed by atoms with Gasteiger partial charge in [-0.15, -0.1) is 10.2 Å². The summed E-state index contributed by atoms with van der Waals surface area (Å²) in [5, 5.41) is 11.2. The van der Waals surface area contributed by atoms with Gasteiger partial charge in [0.2, 0.25) is 0 Å². The molecular formula is C25H20F2N6O2. The van der Waals surface area contributed by atoms with Gasteiger partial charge in [-0.25, -0.2) is 13.8 Å². The largest absolute Gasteiger partial charge is 0.490 e. The van der Waals surface area contributed by atoms with E-state index in [1.54, 1.807) is 42.7 Å². The average Bonchev–Trinajstić information content (AvgIpc) is 3.54. The van der Waals surface area contributed by atoms with Crippen molar-refractivity contribution in [1.29, 1.82) is 0 Å². The van der Waals surface area contributed by atoms with Crippen LogP contribution in [-0.4, -0.2) is 36.7 Å². The van der Waals surface area contributed by atoms with Crippen molar-refractivity contribution in [2.24, 2.45) is 0 Å². The minimum absolute atomic E-state index is 0.0866. The van der Waals surface area contributed by atoms with Crippen LogP contribution in [0.4, 0.5) is 14.6 Å². The maximum Gasteiger partial charge on any atom is 0.280 e. The van der Waals surface area contributed by atoms with E-state index in [0.717, 1.165) is 19.3 Å². The highest BCUT2D eigenvalue weighted by Crippen LogP contribution is 2.37. The normalized spacial score (nSPS) is 19.0. The lowest BCUT2D eigenvalue weighted by molar-refractivity contribution is 0.101. The lowest BCUT2D eigenvalue weighted by Gasteiger charge is -2.18. The Labute approximate surface area is 199 Å². The first-order chi connectivity index (χ1) is 17.0. The Kier molecular flexibility index (Phi) is 5.20. The van der Waals surface area contributed by atoms with Crippen LogP contribution >= 0.6 is 0 Å². The fourth-order valence-electron chi connectivity index (χ4n) is 4.66. The first kappa shape index (κ1) is 21.3. The summed E-state index contributed by atoms with van der Waals surface area (Å²) in [5.74, 6) is 1.07. The Morgan fingerprint density at radius 2 is 1.97 bits per heavy atom. The fraction of sp³-hybridized carbons (Fsp3) is 0.240. The third kappa shape index (κ3) is 4.01. The molecule has 0 radical (unpaired) electrons. The summed E-state index contributed by atoms with van der Waals surface area (Å²) in [6.07, 6.45) is 2.81. The monoisotopic (exact) mass is 474 g/mol. The van der Waals surface area contributed by atoms with Gasteiger partial charge in [0.25, 0.3) is 12.3 Å². The number of benzene rings is 1. The molecule has 1 aliphatic heterocycles. The van der Waals surface area contributed by atoms with Crippen LogP contribution in [0.25, 0.3) is 22.6 Å². The molecule has 3 aromatic heterocycles. The number of fused-ring (bicyclic) bond motifs is 8. The molecule has 10 heteroatoms. The van der Waals surface area contributed by atoms with Gasteiger partial charge in [-0.1, -0.05) is 18.2 Å². The van der Waals surface area contributed by atoms with E-state index >= 15 is 0 Å². The quantitative estimate of drug-likeness (QED) is 0.436. The predicted octanol–water partition coefficient (Wildman–Crippen LogP) is 5.08. The molecule has 1 saturated carbocycles. The molecule has 0 spiro atoms. The molecule has 35 heavy (non-hydrogen) atoms. The number of hydrogen-bond donors (Lipinski definition) is 1. The molecule has 176 valence electrons. The van der Waals surface area contributed by atoms with Gasteiger partial charge in [0, 0.05) is 24.2 Å². The number of halogens is 2. The van der Waals surface area contributed by atoms with Crippen molar-refractivity contribution in [3.63, 3.8) is 0 Å². The number of pyridine rings is 2. The topological polar surface area (TPSA) is 94.8 Å². The Bertz CT molecular complexity index is 1410. The molecular weight excluding hydrogens is 454 g/mol. The number of alkyl halides is 2. The number of anilines is 1. The molecule has 6 rings (SSSR count). The standard InChI is InChI=1S/C25H20F2N6O2/c26-23(27)19-8-4-15(12-28-19)14-5-9-21-18(10-14)25(34)31-22-3-1-2-20(30-22)24-32-29-13-33(24)16-6-7-17(11-16)35-21/h1-5,8-10,12-13,16-17,23H,6-7,11H2,(H,30,31,34)/t16-,17?/m0/s1. The van der Waals surface area contributed by atoms with Crippen LogP contribution in [0.2, 0.25) is 0 Å². The smallest absolute Gasteiger partial charge is 0.280 e. The molecule has 4 bridgehead atoms. The van der Waals surface area contributed by atoms with Gasteiger partial charge >= 0.3 is 0 Å². The van der Waals surface area contributed by atoms with Gasteiger partial charge < -0.3 is 14.6 Å². The summed E-state index contributed by atoms with van der Waals surface area (Å²) in [4.78, 5) is 21.8. The second kappa shape index (κ2) is 8.53. The Morgan fingerprint density at radius 3 is 2.80 bits per heavy atom. The van der Waals surface area contributed by atoms with Gasteiger partial charge in [-0.3, -0.25) is 9.78 Å². The molecule has 1 aromatic carbocycles. The van der Waals surface area contributed by atoms with Crippen molar-refractivity contribution in [2.45, 2.75) is 37.8 Å². The zero-order valence-electron chi connectivity index (χ0n) is 18.4. The summed E-state index contributed by atoms with van der Waals surface area (Å²) in [7, 11) is 0. The second-order valence-electron chi connectivity index (χ2n) is 8.61. The Hall–Kier alpha value is -4.21. The molecule has 2 atom stereocenters. The molecule has 1 fully saturated rings. The zero-order valence-corrected chi connectivity index (χ0v) is 18.4. The first-order valence-electron chi connectivity index (χ1n) is 11.3. The second-order valence-corrected chi connectivity index (χ2v) is 8.61. The highest BCUT2D eigenvalue weighted by Gasteiger charge is 2.31. The SMILES string of the molecule is O=C1Nc2cccc(n2)-c2nncn2[C@H]2CCC(C2)Oc2ccc(-c3ccc(C(F)F)nc3)cc21.